The third-order valence-corrected chi connectivity index (χ3v) is 2.33. The summed E-state index contributed by atoms with van der Waals surface area (Å²) in [7, 11) is 0. The molecule has 0 saturated heterocycles. The zero-order valence-electron chi connectivity index (χ0n) is 8.55. The highest BCUT2D eigenvalue weighted by Gasteiger charge is 2.36. The van der Waals surface area contributed by atoms with Crippen LogP contribution in [0.2, 0.25) is 0 Å². The van der Waals surface area contributed by atoms with Crippen molar-refractivity contribution in [3.05, 3.63) is 0 Å². The number of ether oxygens (including phenoxy) is 1. The van der Waals surface area contributed by atoms with E-state index in [1.54, 1.807) is 0 Å². The van der Waals surface area contributed by atoms with Crippen molar-refractivity contribution in [2.45, 2.75) is 58.6 Å². The van der Waals surface area contributed by atoms with Gasteiger partial charge in [0, 0.05) is 6.42 Å². The van der Waals surface area contributed by atoms with Crippen molar-refractivity contribution in [1.82, 2.24) is 0 Å². The van der Waals surface area contributed by atoms with Crippen LogP contribution in [0.5, 0.6) is 0 Å². The maximum absolute atomic E-state index is 5.74. The van der Waals surface area contributed by atoms with Crippen molar-refractivity contribution in [2.24, 2.45) is 4.99 Å². The Balaban J connectivity index is 2.61. The van der Waals surface area contributed by atoms with Gasteiger partial charge in [-0.2, -0.15) is 0 Å². The van der Waals surface area contributed by atoms with E-state index in [0.29, 0.717) is 6.04 Å². The fraction of sp³-hybridized carbons (Fsp3) is 0.900. The molecule has 0 aromatic carbocycles. The van der Waals surface area contributed by atoms with E-state index in [9.17, 15) is 0 Å². The van der Waals surface area contributed by atoms with Gasteiger partial charge < -0.3 is 4.74 Å². The van der Waals surface area contributed by atoms with Crippen LogP contribution in [0.15, 0.2) is 4.99 Å². The molecule has 1 heterocycles. The van der Waals surface area contributed by atoms with Crippen molar-refractivity contribution in [3.8, 4) is 0 Å². The van der Waals surface area contributed by atoms with E-state index >= 15 is 0 Å². The van der Waals surface area contributed by atoms with Crippen LogP contribution in [0.3, 0.4) is 0 Å². The molecule has 12 heavy (non-hydrogen) atoms. The molecule has 1 aliphatic heterocycles. The van der Waals surface area contributed by atoms with Crippen molar-refractivity contribution < 1.29 is 4.74 Å². The third-order valence-electron chi connectivity index (χ3n) is 2.33. The van der Waals surface area contributed by atoms with Crippen LogP contribution in [0.25, 0.3) is 0 Å². The first-order valence-electron chi connectivity index (χ1n) is 4.85. The second-order valence-electron chi connectivity index (χ2n) is 3.90. The molecule has 0 amide bonds. The topological polar surface area (TPSA) is 21.6 Å². The summed E-state index contributed by atoms with van der Waals surface area (Å²) >= 11 is 0. The summed E-state index contributed by atoms with van der Waals surface area (Å²) in [4.78, 5) is 4.54. The molecule has 1 atom stereocenters. The van der Waals surface area contributed by atoms with Gasteiger partial charge in [-0.1, -0.05) is 13.8 Å². The lowest BCUT2D eigenvalue weighted by molar-refractivity contribution is 0.0923. The summed E-state index contributed by atoms with van der Waals surface area (Å²) in [6.07, 6.45) is 3.17. The second-order valence-corrected chi connectivity index (χ2v) is 3.90. The lowest BCUT2D eigenvalue weighted by Gasteiger charge is -2.23. The molecule has 2 heteroatoms. The van der Waals surface area contributed by atoms with Crippen LogP contribution >= 0.6 is 0 Å². The summed E-state index contributed by atoms with van der Waals surface area (Å²) in [6, 6.07) is 0.360. The highest BCUT2D eigenvalue weighted by molar-refractivity contribution is 5.78. The smallest absolute Gasteiger partial charge is 0.184 e. The van der Waals surface area contributed by atoms with Gasteiger partial charge >= 0.3 is 0 Å². The Bertz CT molecular complexity index is 184. The molecule has 0 spiro atoms. The number of hydrogen-bond acceptors (Lipinski definition) is 2. The number of nitrogens with zero attached hydrogens (tertiary/aromatic N) is 1. The molecule has 0 aliphatic carbocycles. The standard InChI is InChI=1S/C10H19NO/c1-5-7-9-11-8(6-2)10(3,4)12-9/h8H,5-7H2,1-4H3. The van der Waals surface area contributed by atoms with Gasteiger partial charge in [-0.25, -0.2) is 4.99 Å². The summed E-state index contributed by atoms with van der Waals surface area (Å²) in [6.45, 7) is 8.55. The Labute approximate surface area is 75.0 Å². The van der Waals surface area contributed by atoms with Gasteiger partial charge in [-0.15, -0.1) is 0 Å². The lowest BCUT2D eigenvalue weighted by Crippen LogP contribution is -2.32. The summed E-state index contributed by atoms with van der Waals surface area (Å²) in [5.41, 5.74) is -0.0702. The van der Waals surface area contributed by atoms with Crippen molar-refractivity contribution in [3.63, 3.8) is 0 Å². The Morgan fingerprint density at radius 1 is 1.42 bits per heavy atom. The molecule has 1 aliphatic rings. The van der Waals surface area contributed by atoms with Crippen molar-refractivity contribution >= 4 is 5.90 Å². The number of aliphatic imine (C=N–C) groups is 1. The average molecular weight is 169 g/mol. The monoisotopic (exact) mass is 169 g/mol. The van der Waals surface area contributed by atoms with Gasteiger partial charge in [0.1, 0.15) is 5.60 Å². The Hall–Kier alpha value is -0.530. The minimum atomic E-state index is -0.0702. The Morgan fingerprint density at radius 3 is 2.50 bits per heavy atom. The van der Waals surface area contributed by atoms with E-state index < -0.39 is 0 Å². The van der Waals surface area contributed by atoms with Gasteiger partial charge in [-0.05, 0) is 26.7 Å². The fourth-order valence-electron chi connectivity index (χ4n) is 1.64. The highest BCUT2D eigenvalue weighted by atomic mass is 16.5. The molecule has 0 saturated carbocycles. The lowest BCUT2D eigenvalue weighted by atomic mass is 9.98. The van der Waals surface area contributed by atoms with Crippen LogP contribution in [0.4, 0.5) is 0 Å². The van der Waals surface area contributed by atoms with E-state index in [-0.39, 0.29) is 5.60 Å². The second kappa shape index (κ2) is 3.46. The van der Waals surface area contributed by atoms with Crippen LogP contribution in [-0.2, 0) is 4.74 Å². The third kappa shape index (κ3) is 1.79. The van der Waals surface area contributed by atoms with Gasteiger partial charge in [0.2, 0.25) is 0 Å². The van der Waals surface area contributed by atoms with E-state index in [0.717, 1.165) is 25.2 Å². The Kier molecular flexibility index (Phi) is 2.76. The molecular weight excluding hydrogens is 150 g/mol. The summed E-state index contributed by atoms with van der Waals surface area (Å²) in [5.74, 6) is 0.953. The molecule has 0 radical (unpaired) electrons. The number of rotatable bonds is 3. The van der Waals surface area contributed by atoms with E-state index in [1.807, 2.05) is 0 Å². The van der Waals surface area contributed by atoms with Gasteiger partial charge in [0.25, 0.3) is 0 Å². The molecule has 1 unspecified atom stereocenters. The highest BCUT2D eigenvalue weighted by Crippen LogP contribution is 2.28. The molecule has 1 rings (SSSR count). The molecule has 2 nitrogen and oxygen atoms in total. The van der Waals surface area contributed by atoms with Crippen LogP contribution in [0.1, 0.15) is 47.0 Å². The molecule has 0 aromatic heterocycles. The maximum Gasteiger partial charge on any atom is 0.184 e. The quantitative estimate of drug-likeness (QED) is 0.636. The molecule has 0 aromatic rings. The molecule has 70 valence electrons. The first-order chi connectivity index (χ1) is 5.60. The SMILES string of the molecule is CCCC1=NC(CC)C(C)(C)O1. The van der Waals surface area contributed by atoms with E-state index in [1.165, 1.54) is 0 Å². The largest absolute Gasteiger partial charge is 0.473 e. The van der Waals surface area contributed by atoms with Crippen LogP contribution in [-0.4, -0.2) is 17.5 Å². The van der Waals surface area contributed by atoms with Crippen LogP contribution in [0, 0.1) is 0 Å². The van der Waals surface area contributed by atoms with Crippen LogP contribution < -0.4 is 0 Å². The number of hydrogen-bond donors (Lipinski definition) is 0. The molecular formula is C10H19NO. The maximum atomic E-state index is 5.74. The van der Waals surface area contributed by atoms with Crippen molar-refractivity contribution in [2.75, 3.05) is 0 Å². The molecule has 0 fully saturated rings. The van der Waals surface area contributed by atoms with Gasteiger partial charge in [0.05, 0.1) is 6.04 Å². The zero-order valence-corrected chi connectivity index (χ0v) is 8.55. The van der Waals surface area contributed by atoms with Gasteiger partial charge in [0.15, 0.2) is 5.90 Å². The molecule has 0 N–H and O–H groups in total. The zero-order chi connectivity index (χ0) is 9.19. The van der Waals surface area contributed by atoms with E-state index in [4.69, 9.17) is 4.74 Å². The minimum Gasteiger partial charge on any atom is -0.473 e. The normalized spacial score (nSPS) is 26.7. The first-order valence-corrected chi connectivity index (χ1v) is 4.85. The van der Waals surface area contributed by atoms with Gasteiger partial charge in [-0.3, -0.25) is 0 Å². The predicted molar refractivity (Wildman–Crippen MR) is 51.6 cm³/mol. The average Bonchev–Trinajstić information content (AvgIpc) is 2.25. The Morgan fingerprint density at radius 2 is 2.08 bits per heavy atom. The molecule has 0 bridgehead atoms. The predicted octanol–water partition coefficient (Wildman–Crippen LogP) is 2.77. The fourth-order valence-corrected chi connectivity index (χ4v) is 1.64. The van der Waals surface area contributed by atoms with Crippen molar-refractivity contribution in [1.29, 1.82) is 0 Å². The minimum absolute atomic E-state index is 0.0702. The first kappa shape index (κ1) is 9.56. The summed E-state index contributed by atoms with van der Waals surface area (Å²) < 4.78 is 5.74. The van der Waals surface area contributed by atoms with E-state index in [2.05, 4.69) is 32.7 Å². The summed E-state index contributed by atoms with van der Waals surface area (Å²) in [5, 5.41) is 0.